The maximum Gasteiger partial charge on any atom is 0.243 e. The molecule has 6 nitrogen and oxygen atoms in total. The second-order valence-electron chi connectivity index (χ2n) is 8.04. The van der Waals surface area contributed by atoms with Crippen molar-refractivity contribution in [2.24, 2.45) is 5.92 Å². The van der Waals surface area contributed by atoms with E-state index in [1.807, 2.05) is 6.92 Å². The number of amides is 1. The fourth-order valence-corrected chi connectivity index (χ4v) is 6.04. The lowest BCUT2D eigenvalue weighted by molar-refractivity contribution is -0.120. The number of rotatable bonds is 6. The van der Waals surface area contributed by atoms with E-state index < -0.39 is 21.7 Å². The molecule has 1 aromatic heterocycles. The summed E-state index contributed by atoms with van der Waals surface area (Å²) in [6.45, 7) is 2.28. The number of aryl methyl sites for hydroxylation is 1. The summed E-state index contributed by atoms with van der Waals surface area (Å²) < 4.78 is 53.3. The lowest BCUT2D eigenvalue weighted by Crippen LogP contribution is -2.41. The van der Waals surface area contributed by atoms with Crippen LogP contribution in [0.25, 0.3) is 0 Å². The Labute approximate surface area is 195 Å². The van der Waals surface area contributed by atoms with E-state index in [1.54, 1.807) is 6.20 Å². The minimum atomic E-state index is -3.95. The van der Waals surface area contributed by atoms with Crippen LogP contribution in [0, 0.1) is 24.5 Å². The topological polar surface area (TPSA) is 79.4 Å². The number of hydrogen-bond donors (Lipinski definition) is 1. The van der Waals surface area contributed by atoms with E-state index in [9.17, 15) is 22.0 Å². The van der Waals surface area contributed by atoms with Crippen LogP contribution in [0.15, 0.2) is 53.6 Å². The van der Waals surface area contributed by atoms with Gasteiger partial charge in [-0.2, -0.15) is 4.31 Å². The number of piperidine rings is 1. The van der Waals surface area contributed by atoms with Gasteiger partial charge in [0.25, 0.3) is 0 Å². The first kappa shape index (κ1) is 23.5. The molecular formula is C23H23F2N3O3S2. The van der Waals surface area contributed by atoms with Gasteiger partial charge >= 0.3 is 0 Å². The summed E-state index contributed by atoms with van der Waals surface area (Å²) in [6, 6.07) is 10.8. The molecule has 1 N–H and O–H groups in total. The first-order valence-corrected chi connectivity index (χ1v) is 12.7. The monoisotopic (exact) mass is 491 g/mol. The molecule has 0 saturated carbocycles. The van der Waals surface area contributed by atoms with Crippen molar-refractivity contribution in [3.05, 3.63) is 76.3 Å². The first-order valence-electron chi connectivity index (χ1n) is 10.5. The molecule has 1 aliphatic heterocycles. The number of aromatic nitrogens is 1. The van der Waals surface area contributed by atoms with Gasteiger partial charge in [-0.25, -0.2) is 22.2 Å². The Bertz CT molecular complexity index is 1250. The van der Waals surface area contributed by atoms with Crippen LogP contribution in [-0.2, 0) is 21.2 Å². The number of thiazole rings is 1. The summed E-state index contributed by atoms with van der Waals surface area (Å²) in [5, 5.41) is 3.35. The number of hydrogen-bond acceptors (Lipinski definition) is 5. The number of benzene rings is 2. The number of nitrogens with zero attached hydrogens (tertiary/aromatic N) is 2. The second-order valence-corrected chi connectivity index (χ2v) is 11.1. The molecule has 33 heavy (non-hydrogen) atoms. The summed E-state index contributed by atoms with van der Waals surface area (Å²) in [6.07, 6.45) is 3.14. The molecule has 0 aliphatic carbocycles. The highest BCUT2D eigenvalue weighted by molar-refractivity contribution is 7.89. The molecular weight excluding hydrogens is 468 g/mol. The van der Waals surface area contributed by atoms with Gasteiger partial charge in [0.15, 0.2) is 16.8 Å². The van der Waals surface area contributed by atoms with E-state index in [1.165, 1.54) is 21.2 Å². The van der Waals surface area contributed by atoms with Crippen LogP contribution in [0.5, 0.6) is 0 Å². The largest absolute Gasteiger partial charge is 0.302 e. The van der Waals surface area contributed by atoms with Crippen LogP contribution in [0.4, 0.5) is 13.9 Å². The summed E-state index contributed by atoms with van der Waals surface area (Å²) >= 11 is 1.41. The van der Waals surface area contributed by atoms with Gasteiger partial charge in [0, 0.05) is 36.5 Å². The minimum Gasteiger partial charge on any atom is -0.302 e. The molecule has 2 heterocycles. The molecule has 0 spiro atoms. The Morgan fingerprint density at radius 2 is 1.82 bits per heavy atom. The highest BCUT2D eigenvalue weighted by Gasteiger charge is 2.32. The predicted octanol–water partition coefficient (Wildman–Crippen LogP) is 4.36. The maximum atomic E-state index is 13.5. The van der Waals surface area contributed by atoms with E-state index >= 15 is 0 Å². The van der Waals surface area contributed by atoms with Gasteiger partial charge in [0.2, 0.25) is 15.9 Å². The fourth-order valence-electron chi connectivity index (χ4n) is 3.71. The highest BCUT2D eigenvalue weighted by atomic mass is 32.2. The Morgan fingerprint density at radius 1 is 1.12 bits per heavy atom. The Kier molecular flexibility index (Phi) is 6.87. The van der Waals surface area contributed by atoms with Crippen molar-refractivity contribution in [3.63, 3.8) is 0 Å². The molecule has 0 bridgehead atoms. The van der Waals surface area contributed by atoms with Crippen LogP contribution in [0.1, 0.15) is 28.8 Å². The van der Waals surface area contributed by atoms with Crippen LogP contribution < -0.4 is 5.32 Å². The second kappa shape index (κ2) is 9.66. The van der Waals surface area contributed by atoms with E-state index in [-0.39, 0.29) is 29.8 Å². The number of carbonyl (C=O) groups is 1. The van der Waals surface area contributed by atoms with Crippen molar-refractivity contribution in [2.45, 2.75) is 31.1 Å². The number of nitrogens with one attached hydrogen (secondary N) is 1. The third kappa shape index (κ3) is 5.45. The van der Waals surface area contributed by atoms with Crippen molar-refractivity contribution in [2.75, 3.05) is 18.4 Å². The normalized spacial score (nSPS) is 15.5. The predicted molar refractivity (Wildman–Crippen MR) is 123 cm³/mol. The number of halogens is 2. The van der Waals surface area contributed by atoms with E-state index in [4.69, 9.17) is 0 Å². The molecule has 10 heteroatoms. The molecule has 2 aromatic carbocycles. The summed E-state index contributed by atoms with van der Waals surface area (Å²) in [4.78, 5) is 17.7. The van der Waals surface area contributed by atoms with Gasteiger partial charge in [-0.05, 0) is 43.5 Å². The average molecular weight is 492 g/mol. The quantitative estimate of drug-likeness (QED) is 0.556. The standard InChI is InChI=1S/C23H23F2N3O3S2/c1-15-2-4-16(5-3-15)12-18-14-26-23(32-18)27-22(29)17-8-10-28(11-9-17)33(30,31)19-6-7-20(24)21(25)13-19/h2-7,13-14,17H,8-12H2,1H3,(H,26,27,29). The molecule has 1 aliphatic rings. The molecule has 1 fully saturated rings. The number of carbonyl (C=O) groups excluding carboxylic acids is 1. The zero-order chi connectivity index (χ0) is 23.6. The van der Waals surface area contributed by atoms with Gasteiger partial charge in [0.05, 0.1) is 4.90 Å². The fraction of sp³-hybridized carbons (Fsp3) is 0.304. The van der Waals surface area contributed by atoms with Crippen molar-refractivity contribution >= 4 is 32.4 Å². The average Bonchev–Trinajstić information content (AvgIpc) is 3.23. The molecule has 1 saturated heterocycles. The van der Waals surface area contributed by atoms with Crippen LogP contribution >= 0.6 is 11.3 Å². The van der Waals surface area contributed by atoms with Crippen LogP contribution in [0.3, 0.4) is 0 Å². The van der Waals surface area contributed by atoms with Gasteiger partial charge in [-0.3, -0.25) is 4.79 Å². The SMILES string of the molecule is Cc1ccc(Cc2cnc(NC(=O)C3CCN(S(=O)(=O)c4ccc(F)c(F)c4)CC3)s2)cc1. The third-order valence-electron chi connectivity index (χ3n) is 5.64. The lowest BCUT2D eigenvalue weighted by Gasteiger charge is -2.30. The molecule has 4 rings (SSSR count). The minimum absolute atomic E-state index is 0.121. The summed E-state index contributed by atoms with van der Waals surface area (Å²) in [5.41, 5.74) is 2.36. The molecule has 3 aromatic rings. The molecule has 1 amide bonds. The number of anilines is 1. The van der Waals surface area contributed by atoms with Crippen molar-refractivity contribution in [3.8, 4) is 0 Å². The Hall–Kier alpha value is -2.69. The van der Waals surface area contributed by atoms with E-state index in [2.05, 4.69) is 34.6 Å². The molecule has 0 unspecified atom stereocenters. The summed E-state index contributed by atoms with van der Waals surface area (Å²) in [7, 11) is -3.95. The van der Waals surface area contributed by atoms with Gasteiger partial charge in [-0.15, -0.1) is 11.3 Å². The molecule has 0 atom stereocenters. The van der Waals surface area contributed by atoms with Crippen molar-refractivity contribution in [1.29, 1.82) is 0 Å². The Morgan fingerprint density at radius 3 is 2.48 bits per heavy atom. The Balaban J connectivity index is 1.32. The van der Waals surface area contributed by atoms with Gasteiger partial charge in [-0.1, -0.05) is 29.8 Å². The zero-order valence-corrected chi connectivity index (χ0v) is 19.6. The molecule has 174 valence electrons. The third-order valence-corrected chi connectivity index (χ3v) is 8.44. The zero-order valence-electron chi connectivity index (χ0n) is 17.9. The van der Waals surface area contributed by atoms with E-state index in [0.717, 1.165) is 29.0 Å². The van der Waals surface area contributed by atoms with Crippen molar-refractivity contribution in [1.82, 2.24) is 9.29 Å². The maximum absolute atomic E-state index is 13.5. The smallest absolute Gasteiger partial charge is 0.243 e. The van der Waals surface area contributed by atoms with E-state index in [0.29, 0.717) is 24.0 Å². The highest BCUT2D eigenvalue weighted by Crippen LogP contribution is 2.27. The van der Waals surface area contributed by atoms with Gasteiger partial charge in [0.1, 0.15) is 0 Å². The number of sulfonamides is 1. The van der Waals surface area contributed by atoms with Crippen molar-refractivity contribution < 1.29 is 22.0 Å². The molecule has 0 radical (unpaired) electrons. The van der Waals surface area contributed by atoms with Gasteiger partial charge < -0.3 is 5.32 Å². The first-order chi connectivity index (χ1) is 15.7. The van der Waals surface area contributed by atoms with Crippen LogP contribution in [-0.4, -0.2) is 36.7 Å². The lowest BCUT2D eigenvalue weighted by atomic mass is 9.97. The van der Waals surface area contributed by atoms with Crippen LogP contribution in [0.2, 0.25) is 0 Å². The summed E-state index contributed by atoms with van der Waals surface area (Å²) in [5.74, 6) is -2.87.